The zero-order valence-corrected chi connectivity index (χ0v) is 12.7. The van der Waals surface area contributed by atoms with Crippen molar-refractivity contribution in [2.24, 2.45) is 4.99 Å². The van der Waals surface area contributed by atoms with Crippen molar-refractivity contribution < 1.29 is 9.53 Å². The molecule has 1 aliphatic heterocycles. The van der Waals surface area contributed by atoms with Crippen molar-refractivity contribution in [3.05, 3.63) is 29.8 Å². The first-order valence-corrected chi connectivity index (χ1v) is 7.01. The Morgan fingerprint density at radius 1 is 1.52 bits per heavy atom. The van der Waals surface area contributed by atoms with Crippen molar-refractivity contribution >= 4 is 11.9 Å². The molecule has 0 bridgehead atoms. The Hall–Kier alpha value is -2.24. The van der Waals surface area contributed by atoms with Gasteiger partial charge in [-0.1, -0.05) is 12.1 Å². The number of likely N-dealkylation sites (N-methyl/N-ethyl adjacent to an activating group) is 1. The van der Waals surface area contributed by atoms with Crippen LogP contribution in [0.25, 0.3) is 0 Å². The number of nitrogens with one attached hydrogen (secondary N) is 2. The first-order chi connectivity index (χ1) is 10.0. The summed E-state index contributed by atoms with van der Waals surface area (Å²) in [5.41, 5.74) is 1.08. The zero-order chi connectivity index (χ0) is 15.2. The number of ether oxygens (including phenoxy) is 1. The van der Waals surface area contributed by atoms with E-state index >= 15 is 0 Å². The second-order valence-corrected chi connectivity index (χ2v) is 5.31. The van der Waals surface area contributed by atoms with Crippen LogP contribution in [-0.4, -0.2) is 50.1 Å². The van der Waals surface area contributed by atoms with Crippen LogP contribution in [0.4, 0.5) is 0 Å². The number of carbonyl (C=O) groups is 1. The summed E-state index contributed by atoms with van der Waals surface area (Å²) in [6.45, 7) is 3.61. The van der Waals surface area contributed by atoms with Gasteiger partial charge in [-0.2, -0.15) is 0 Å². The highest BCUT2D eigenvalue weighted by Crippen LogP contribution is 2.13. The average Bonchev–Trinajstić information content (AvgIpc) is 2.88. The first kappa shape index (κ1) is 15.2. The van der Waals surface area contributed by atoms with Gasteiger partial charge in [-0.25, -0.2) is 0 Å². The van der Waals surface area contributed by atoms with Gasteiger partial charge in [0.2, 0.25) is 0 Å². The van der Waals surface area contributed by atoms with Crippen LogP contribution in [0.5, 0.6) is 5.75 Å². The molecule has 6 nitrogen and oxygen atoms in total. The summed E-state index contributed by atoms with van der Waals surface area (Å²) >= 11 is 0. The molecule has 6 heteroatoms. The van der Waals surface area contributed by atoms with E-state index in [1.807, 2.05) is 24.3 Å². The van der Waals surface area contributed by atoms with E-state index in [2.05, 4.69) is 22.5 Å². The molecular weight excluding hydrogens is 268 g/mol. The molecule has 1 atom stereocenters. The summed E-state index contributed by atoms with van der Waals surface area (Å²) in [4.78, 5) is 17.4. The predicted octanol–water partition coefficient (Wildman–Crippen LogP) is 0.591. The van der Waals surface area contributed by atoms with Crippen molar-refractivity contribution in [1.82, 2.24) is 15.5 Å². The minimum atomic E-state index is -0.0583. The Bertz CT molecular complexity index is 528. The van der Waals surface area contributed by atoms with E-state index < -0.39 is 0 Å². The number of amides is 1. The van der Waals surface area contributed by atoms with Crippen LogP contribution >= 0.6 is 0 Å². The Labute approximate surface area is 125 Å². The van der Waals surface area contributed by atoms with Crippen LogP contribution in [0, 0.1) is 0 Å². The number of rotatable bonds is 5. The van der Waals surface area contributed by atoms with Gasteiger partial charge in [0.1, 0.15) is 5.75 Å². The molecule has 2 rings (SSSR count). The third kappa shape index (κ3) is 4.66. The SMILES string of the molecule is CC1CN=C(NCc2cccc(OCC(=O)N(C)C)c2)N1. The summed E-state index contributed by atoms with van der Waals surface area (Å²) in [6, 6.07) is 8.08. The van der Waals surface area contributed by atoms with E-state index in [0.29, 0.717) is 18.3 Å². The van der Waals surface area contributed by atoms with E-state index in [-0.39, 0.29) is 12.5 Å². The van der Waals surface area contributed by atoms with E-state index in [1.54, 1.807) is 14.1 Å². The molecule has 0 aliphatic carbocycles. The van der Waals surface area contributed by atoms with Crippen molar-refractivity contribution in [3.8, 4) is 5.75 Å². The number of hydrogen-bond donors (Lipinski definition) is 2. The molecule has 1 aliphatic rings. The maximum atomic E-state index is 11.5. The lowest BCUT2D eigenvalue weighted by atomic mass is 10.2. The lowest BCUT2D eigenvalue weighted by molar-refractivity contribution is -0.130. The molecule has 1 aromatic carbocycles. The molecule has 114 valence electrons. The van der Waals surface area contributed by atoms with Gasteiger partial charge in [-0.15, -0.1) is 0 Å². The first-order valence-electron chi connectivity index (χ1n) is 7.01. The Morgan fingerprint density at radius 2 is 2.33 bits per heavy atom. The van der Waals surface area contributed by atoms with E-state index in [1.165, 1.54) is 4.90 Å². The molecule has 0 saturated carbocycles. The normalized spacial score (nSPS) is 16.9. The van der Waals surface area contributed by atoms with Gasteiger partial charge < -0.3 is 20.3 Å². The third-order valence-electron chi connectivity index (χ3n) is 3.13. The minimum absolute atomic E-state index is 0.0513. The number of nitrogens with zero attached hydrogens (tertiary/aromatic N) is 2. The van der Waals surface area contributed by atoms with Crippen molar-refractivity contribution in [2.45, 2.75) is 19.5 Å². The highest BCUT2D eigenvalue weighted by molar-refractivity contribution is 5.81. The summed E-state index contributed by atoms with van der Waals surface area (Å²) in [6.07, 6.45) is 0. The predicted molar refractivity (Wildman–Crippen MR) is 82.4 cm³/mol. The molecule has 1 unspecified atom stereocenters. The Morgan fingerprint density at radius 3 is 3.00 bits per heavy atom. The Kier molecular flexibility index (Phi) is 5.03. The molecule has 0 radical (unpaired) electrons. The summed E-state index contributed by atoms with van der Waals surface area (Å²) in [5, 5.41) is 6.50. The molecule has 21 heavy (non-hydrogen) atoms. The van der Waals surface area contributed by atoms with Crippen LogP contribution in [-0.2, 0) is 11.3 Å². The molecule has 0 saturated heterocycles. The fourth-order valence-corrected chi connectivity index (χ4v) is 1.87. The quantitative estimate of drug-likeness (QED) is 0.833. The smallest absolute Gasteiger partial charge is 0.259 e. The minimum Gasteiger partial charge on any atom is -0.484 e. The number of guanidine groups is 1. The largest absolute Gasteiger partial charge is 0.484 e. The monoisotopic (exact) mass is 290 g/mol. The molecule has 0 aromatic heterocycles. The van der Waals surface area contributed by atoms with Crippen LogP contribution in [0.1, 0.15) is 12.5 Å². The molecule has 0 fully saturated rings. The topological polar surface area (TPSA) is 66.0 Å². The lowest BCUT2D eigenvalue weighted by Crippen LogP contribution is -2.37. The molecular formula is C15H22N4O2. The summed E-state index contributed by atoms with van der Waals surface area (Å²) < 4.78 is 5.49. The van der Waals surface area contributed by atoms with Gasteiger partial charge in [0.05, 0.1) is 6.54 Å². The van der Waals surface area contributed by atoms with E-state index in [0.717, 1.165) is 18.1 Å². The van der Waals surface area contributed by atoms with Crippen molar-refractivity contribution in [2.75, 3.05) is 27.2 Å². The van der Waals surface area contributed by atoms with E-state index in [4.69, 9.17) is 4.74 Å². The van der Waals surface area contributed by atoms with Crippen molar-refractivity contribution in [1.29, 1.82) is 0 Å². The number of carbonyl (C=O) groups excluding carboxylic acids is 1. The van der Waals surface area contributed by atoms with Crippen LogP contribution in [0.2, 0.25) is 0 Å². The molecule has 1 aromatic rings. The number of hydrogen-bond acceptors (Lipinski definition) is 5. The van der Waals surface area contributed by atoms with E-state index in [9.17, 15) is 4.79 Å². The maximum Gasteiger partial charge on any atom is 0.259 e. The highest BCUT2D eigenvalue weighted by Gasteiger charge is 2.11. The van der Waals surface area contributed by atoms with Crippen LogP contribution < -0.4 is 15.4 Å². The molecule has 1 amide bonds. The molecule has 0 spiro atoms. The standard InChI is InChI=1S/C15H22N4O2/c1-11-8-16-15(18-11)17-9-12-5-4-6-13(7-12)21-10-14(20)19(2)3/h4-7,11H,8-10H2,1-3H3,(H2,16,17,18). The highest BCUT2D eigenvalue weighted by atomic mass is 16.5. The third-order valence-corrected chi connectivity index (χ3v) is 3.13. The number of benzene rings is 1. The second-order valence-electron chi connectivity index (χ2n) is 5.31. The van der Waals surface area contributed by atoms with Crippen molar-refractivity contribution in [3.63, 3.8) is 0 Å². The number of aliphatic imine (C=N–C) groups is 1. The van der Waals surface area contributed by atoms with Crippen LogP contribution in [0.15, 0.2) is 29.3 Å². The zero-order valence-electron chi connectivity index (χ0n) is 12.7. The fourth-order valence-electron chi connectivity index (χ4n) is 1.87. The second kappa shape index (κ2) is 6.97. The molecule has 1 heterocycles. The van der Waals surface area contributed by atoms with Crippen LogP contribution in [0.3, 0.4) is 0 Å². The summed E-state index contributed by atoms with van der Waals surface area (Å²) in [7, 11) is 3.42. The molecule has 2 N–H and O–H groups in total. The average molecular weight is 290 g/mol. The van der Waals surface area contributed by atoms with Gasteiger partial charge in [-0.05, 0) is 24.6 Å². The van der Waals surface area contributed by atoms with Gasteiger partial charge in [0, 0.05) is 26.7 Å². The van der Waals surface area contributed by atoms with Gasteiger partial charge in [0.25, 0.3) is 5.91 Å². The van der Waals surface area contributed by atoms with Gasteiger partial charge in [-0.3, -0.25) is 9.79 Å². The fraction of sp³-hybridized carbons (Fsp3) is 0.467. The Balaban J connectivity index is 1.84. The maximum absolute atomic E-state index is 11.5. The van der Waals surface area contributed by atoms with Gasteiger partial charge >= 0.3 is 0 Å². The lowest BCUT2D eigenvalue weighted by Gasteiger charge is -2.12. The van der Waals surface area contributed by atoms with Gasteiger partial charge in [0.15, 0.2) is 12.6 Å². The summed E-state index contributed by atoms with van der Waals surface area (Å²) in [5.74, 6) is 1.47.